The molecule has 35 heavy (non-hydrogen) atoms. The summed E-state index contributed by atoms with van der Waals surface area (Å²) < 4.78 is 2.35. The maximum atomic E-state index is 13.2. The molecule has 188 valence electrons. The molecule has 1 aliphatic carbocycles. The van der Waals surface area contributed by atoms with Crippen LogP contribution in [-0.2, 0) is 11.2 Å². The predicted molar refractivity (Wildman–Crippen MR) is 143 cm³/mol. The van der Waals surface area contributed by atoms with Gasteiger partial charge in [0.2, 0.25) is 5.91 Å². The van der Waals surface area contributed by atoms with Crippen LogP contribution < -0.4 is 10.6 Å². The Labute approximate surface area is 212 Å². The Morgan fingerprint density at radius 1 is 1.17 bits per heavy atom. The van der Waals surface area contributed by atoms with Gasteiger partial charge in [0.15, 0.2) is 0 Å². The van der Waals surface area contributed by atoms with E-state index in [2.05, 4.69) is 60.4 Å². The first-order valence-electron chi connectivity index (χ1n) is 13.0. The van der Waals surface area contributed by atoms with Crippen LogP contribution in [0.2, 0.25) is 0 Å². The fourth-order valence-electron chi connectivity index (χ4n) is 4.84. The summed E-state index contributed by atoms with van der Waals surface area (Å²) in [4.78, 5) is 32.3. The molecular formula is C28H38N4O2S. The molecule has 7 heteroatoms. The van der Waals surface area contributed by atoms with Crippen LogP contribution in [0.5, 0.6) is 0 Å². The van der Waals surface area contributed by atoms with Crippen LogP contribution in [0.4, 0.5) is 0 Å². The largest absolute Gasteiger partial charge is 0.352 e. The second kappa shape index (κ2) is 11.4. The van der Waals surface area contributed by atoms with Crippen molar-refractivity contribution in [2.45, 2.75) is 90.8 Å². The molecule has 0 spiro atoms. The zero-order valence-electron chi connectivity index (χ0n) is 21.3. The van der Waals surface area contributed by atoms with E-state index in [1.807, 2.05) is 18.2 Å². The molecule has 2 heterocycles. The maximum Gasteiger partial charge on any atom is 0.252 e. The monoisotopic (exact) mass is 494 g/mol. The number of nitrogens with one attached hydrogen (secondary N) is 2. The van der Waals surface area contributed by atoms with Gasteiger partial charge in [-0.3, -0.25) is 9.59 Å². The molecule has 0 bridgehead atoms. The summed E-state index contributed by atoms with van der Waals surface area (Å²) >= 11 is 1.74. The Hall–Kier alpha value is -2.67. The minimum absolute atomic E-state index is 0.0749. The Kier molecular flexibility index (Phi) is 8.26. The first-order valence-corrected chi connectivity index (χ1v) is 13.9. The third-order valence-electron chi connectivity index (χ3n) is 7.03. The van der Waals surface area contributed by atoms with Crippen molar-refractivity contribution in [2.24, 2.45) is 5.92 Å². The molecule has 0 unspecified atom stereocenters. The Morgan fingerprint density at radius 2 is 1.94 bits per heavy atom. The average molecular weight is 495 g/mol. The number of aromatic nitrogens is 2. The minimum Gasteiger partial charge on any atom is -0.352 e. The van der Waals surface area contributed by atoms with E-state index in [1.54, 1.807) is 11.3 Å². The van der Waals surface area contributed by atoms with Crippen molar-refractivity contribution in [3.8, 4) is 0 Å². The second-order valence-electron chi connectivity index (χ2n) is 10.1. The molecule has 2 aromatic heterocycles. The lowest BCUT2D eigenvalue weighted by molar-refractivity contribution is -0.124. The summed E-state index contributed by atoms with van der Waals surface area (Å²) in [5.74, 6) is 1.03. The number of nitrogens with zero attached hydrogens (tertiary/aromatic N) is 2. The van der Waals surface area contributed by atoms with Crippen LogP contribution >= 0.6 is 11.3 Å². The number of carbonyl (C=O) groups excluding carboxylic acids is 2. The molecule has 1 saturated carbocycles. The normalized spacial score (nSPS) is 14.9. The lowest BCUT2D eigenvalue weighted by Crippen LogP contribution is -2.51. The fourth-order valence-corrected chi connectivity index (χ4v) is 5.55. The number of hydrogen-bond acceptors (Lipinski definition) is 4. The van der Waals surface area contributed by atoms with Gasteiger partial charge in [-0.2, -0.15) is 0 Å². The number of amides is 2. The number of carbonyl (C=O) groups is 2. The van der Waals surface area contributed by atoms with Crippen molar-refractivity contribution < 1.29 is 9.59 Å². The van der Waals surface area contributed by atoms with Crippen molar-refractivity contribution in [1.82, 2.24) is 20.2 Å². The van der Waals surface area contributed by atoms with Gasteiger partial charge in [-0.1, -0.05) is 33.8 Å². The molecule has 1 aliphatic rings. The first-order chi connectivity index (χ1) is 16.9. The van der Waals surface area contributed by atoms with Crippen LogP contribution in [0.1, 0.15) is 93.3 Å². The summed E-state index contributed by atoms with van der Waals surface area (Å²) in [7, 11) is 0. The zero-order valence-corrected chi connectivity index (χ0v) is 22.2. The van der Waals surface area contributed by atoms with Gasteiger partial charge in [0.1, 0.15) is 11.9 Å². The van der Waals surface area contributed by atoms with Crippen LogP contribution in [-0.4, -0.2) is 33.4 Å². The number of imidazole rings is 1. The Bertz CT molecular complexity index is 1140. The van der Waals surface area contributed by atoms with E-state index in [0.29, 0.717) is 23.9 Å². The molecule has 0 aliphatic heterocycles. The summed E-state index contributed by atoms with van der Waals surface area (Å²) in [5.41, 5.74) is 2.43. The molecule has 2 N–H and O–H groups in total. The topological polar surface area (TPSA) is 76.0 Å². The smallest absolute Gasteiger partial charge is 0.252 e. The van der Waals surface area contributed by atoms with Gasteiger partial charge >= 0.3 is 0 Å². The maximum absolute atomic E-state index is 13.2. The third-order valence-corrected chi connectivity index (χ3v) is 7.90. The number of thiophene rings is 1. The molecule has 0 saturated heterocycles. The number of benzene rings is 1. The van der Waals surface area contributed by atoms with Crippen molar-refractivity contribution in [3.05, 3.63) is 52.0 Å². The quantitative estimate of drug-likeness (QED) is 0.350. The fraction of sp³-hybridized carbons (Fsp3) is 0.536. The van der Waals surface area contributed by atoms with Gasteiger partial charge in [0.05, 0.1) is 11.0 Å². The highest BCUT2D eigenvalue weighted by molar-refractivity contribution is 7.09. The minimum atomic E-state index is -0.532. The van der Waals surface area contributed by atoms with Crippen molar-refractivity contribution in [2.75, 3.05) is 0 Å². The van der Waals surface area contributed by atoms with Crippen molar-refractivity contribution in [1.29, 1.82) is 0 Å². The summed E-state index contributed by atoms with van der Waals surface area (Å²) in [5, 5.41) is 8.19. The van der Waals surface area contributed by atoms with E-state index in [4.69, 9.17) is 4.98 Å². The molecular weight excluding hydrogens is 456 g/mol. The second-order valence-corrected chi connectivity index (χ2v) is 11.2. The highest BCUT2D eigenvalue weighted by atomic mass is 32.1. The van der Waals surface area contributed by atoms with Gasteiger partial charge in [0, 0.05) is 28.9 Å². The van der Waals surface area contributed by atoms with Gasteiger partial charge in [0.25, 0.3) is 5.91 Å². The average Bonchev–Trinajstić information content (AvgIpc) is 3.44. The summed E-state index contributed by atoms with van der Waals surface area (Å²) in [6.45, 7) is 8.56. The lowest BCUT2D eigenvalue weighted by atomic mass is 9.92. The summed E-state index contributed by atoms with van der Waals surface area (Å²) in [6, 6.07) is 10.0. The first kappa shape index (κ1) is 25.4. The number of rotatable bonds is 11. The molecule has 3 aromatic rings. The van der Waals surface area contributed by atoms with E-state index >= 15 is 0 Å². The molecule has 1 aromatic carbocycles. The van der Waals surface area contributed by atoms with Gasteiger partial charge in [-0.05, 0) is 74.1 Å². The molecule has 6 nitrogen and oxygen atoms in total. The summed E-state index contributed by atoms with van der Waals surface area (Å²) in [6.07, 6.45) is 6.64. The highest BCUT2D eigenvalue weighted by Crippen LogP contribution is 2.28. The van der Waals surface area contributed by atoms with Crippen molar-refractivity contribution in [3.63, 3.8) is 0 Å². The van der Waals surface area contributed by atoms with Crippen LogP contribution in [0.3, 0.4) is 0 Å². The molecule has 1 atom stereocenters. The SMILES string of the molecule is CCC(CC)n1c(Cc2cccs2)nc2cc(C(=O)N[C@@H](CC(C)C)C(=O)NC3CCC3)ccc21. The lowest BCUT2D eigenvalue weighted by Gasteiger charge is -2.29. The van der Waals surface area contributed by atoms with Crippen LogP contribution in [0.15, 0.2) is 35.7 Å². The number of fused-ring (bicyclic) bond motifs is 1. The molecule has 0 radical (unpaired) electrons. The highest BCUT2D eigenvalue weighted by Gasteiger charge is 2.27. The van der Waals surface area contributed by atoms with E-state index in [-0.39, 0.29) is 17.9 Å². The zero-order chi connectivity index (χ0) is 24.9. The van der Waals surface area contributed by atoms with Gasteiger partial charge in [-0.15, -0.1) is 11.3 Å². The molecule has 4 rings (SSSR count). The Morgan fingerprint density at radius 3 is 2.54 bits per heavy atom. The van der Waals surface area contributed by atoms with Crippen LogP contribution in [0, 0.1) is 5.92 Å². The predicted octanol–water partition coefficient (Wildman–Crippen LogP) is 5.86. The van der Waals surface area contributed by atoms with Crippen LogP contribution in [0.25, 0.3) is 11.0 Å². The molecule has 1 fully saturated rings. The van der Waals surface area contributed by atoms with E-state index in [0.717, 1.165) is 55.4 Å². The van der Waals surface area contributed by atoms with E-state index in [9.17, 15) is 9.59 Å². The Balaban J connectivity index is 1.59. The number of hydrogen-bond donors (Lipinski definition) is 2. The molecule has 2 amide bonds. The van der Waals surface area contributed by atoms with E-state index in [1.165, 1.54) is 4.88 Å². The van der Waals surface area contributed by atoms with Crippen molar-refractivity contribution >= 4 is 34.2 Å². The third kappa shape index (κ3) is 5.95. The van der Waals surface area contributed by atoms with Gasteiger partial charge < -0.3 is 15.2 Å². The standard InChI is InChI=1S/C28H38N4O2S/c1-5-21(6-2)32-25-13-12-19(16-23(25)30-26(32)17-22-11-8-14-35-22)27(33)31-24(15-18(3)4)28(34)29-20-9-7-10-20/h8,11-14,16,18,20-21,24H,5-7,9-10,15,17H2,1-4H3,(H,29,34)(H,31,33)/t24-/m0/s1. The van der Waals surface area contributed by atoms with E-state index < -0.39 is 6.04 Å². The van der Waals surface area contributed by atoms with Gasteiger partial charge in [-0.25, -0.2) is 4.98 Å².